The van der Waals surface area contributed by atoms with Crippen molar-refractivity contribution >= 4 is 11.8 Å². The van der Waals surface area contributed by atoms with E-state index in [9.17, 15) is 5.11 Å². The van der Waals surface area contributed by atoms with Crippen LogP contribution in [0.4, 0.5) is 0 Å². The zero-order valence-corrected chi connectivity index (χ0v) is 15.4. The van der Waals surface area contributed by atoms with Gasteiger partial charge in [0.1, 0.15) is 0 Å². The van der Waals surface area contributed by atoms with Gasteiger partial charge in [-0.3, -0.25) is 0 Å². The van der Waals surface area contributed by atoms with Crippen molar-refractivity contribution in [2.45, 2.75) is 58.6 Å². The van der Waals surface area contributed by atoms with E-state index in [1.807, 2.05) is 11.8 Å². The maximum Gasteiger partial charge on any atom is 0.0926 e. The van der Waals surface area contributed by atoms with Gasteiger partial charge < -0.3 is 5.11 Å². The Kier molecular flexibility index (Phi) is 6.59. The lowest BCUT2D eigenvalue weighted by molar-refractivity contribution is 0.405. The van der Waals surface area contributed by atoms with E-state index in [-0.39, 0.29) is 0 Å². The SMILES string of the molecule is C=C(SCc1cccc(C)c1)C1=C(/C(CC)=C(\C)O)CCCC1. The predicted molar refractivity (Wildman–Crippen MR) is 103 cm³/mol. The number of aliphatic hydroxyl groups excluding tert-OH is 1. The second kappa shape index (κ2) is 8.44. The van der Waals surface area contributed by atoms with Crippen molar-refractivity contribution in [2.75, 3.05) is 0 Å². The molecule has 1 aromatic carbocycles. The second-order valence-corrected chi connectivity index (χ2v) is 7.35. The first-order chi connectivity index (χ1) is 11.0. The molecule has 1 N–H and O–H groups in total. The fourth-order valence-corrected chi connectivity index (χ4v) is 4.21. The normalized spacial score (nSPS) is 16.3. The zero-order chi connectivity index (χ0) is 16.8. The van der Waals surface area contributed by atoms with Crippen LogP contribution >= 0.6 is 11.8 Å². The quantitative estimate of drug-likeness (QED) is 0.576. The van der Waals surface area contributed by atoms with Crippen LogP contribution in [-0.2, 0) is 5.75 Å². The van der Waals surface area contributed by atoms with Gasteiger partial charge in [0.2, 0.25) is 0 Å². The van der Waals surface area contributed by atoms with Crippen molar-refractivity contribution in [1.82, 2.24) is 0 Å². The topological polar surface area (TPSA) is 20.2 Å². The van der Waals surface area contributed by atoms with Crippen LogP contribution in [0.5, 0.6) is 0 Å². The highest BCUT2D eigenvalue weighted by atomic mass is 32.2. The zero-order valence-electron chi connectivity index (χ0n) is 14.6. The van der Waals surface area contributed by atoms with Crippen LogP contribution < -0.4 is 0 Å². The lowest BCUT2D eigenvalue weighted by Gasteiger charge is -2.24. The van der Waals surface area contributed by atoms with Crippen molar-refractivity contribution in [1.29, 1.82) is 0 Å². The van der Waals surface area contributed by atoms with E-state index < -0.39 is 0 Å². The summed E-state index contributed by atoms with van der Waals surface area (Å²) < 4.78 is 0. The number of aliphatic hydroxyl groups is 1. The highest BCUT2D eigenvalue weighted by Crippen LogP contribution is 2.39. The first-order valence-corrected chi connectivity index (χ1v) is 9.50. The maximum atomic E-state index is 10.0. The highest BCUT2D eigenvalue weighted by molar-refractivity contribution is 8.02. The summed E-state index contributed by atoms with van der Waals surface area (Å²) in [6.45, 7) is 10.4. The van der Waals surface area contributed by atoms with E-state index in [1.165, 1.54) is 40.0 Å². The molecule has 0 saturated heterocycles. The smallest absolute Gasteiger partial charge is 0.0926 e. The summed E-state index contributed by atoms with van der Waals surface area (Å²) >= 11 is 1.83. The van der Waals surface area contributed by atoms with Crippen LogP contribution in [0.25, 0.3) is 0 Å². The van der Waals surface area contributed by atoms with Gasteiger partial charge in [0.15, 0.2) is 0 Å². The molecule has 1 aliphatic carbocycles. The molecule has 23 heavy (non-hydrogen) atoms. The molecule has 1 aliphatic rings. The molecule has 0 unspecified atom stereocenters. The number of hydrogen-bond acceptors (Lipinski definition) is 2. The van der Waals surface area contributed by atoms with Gasteiger partial charge >= 0.3 is 0 Å². The van der Waals surface area contributed by atoms with Gasteiger partial charge in [0, 0.05) is 10.7 Å². The van der Waals surface area contributed by atoms with Crippen molar-refractivity contribution in [3.63, 3.8) is 0 Å². The van der Waals surface area contributed by atoms with Crippen molar-refractivity contribution in [2.24, 2.45) is 0 Å². The Morgan fingerprint density at radius 2 is 1.91 bits per heavy atom. The first-order valence-electron chi connectivity index (χ1n) is 8.51. The van der Waals surface area contributed by atoms with Gasteiger partial charge in [-0.05, 0) is 68.2 Å². The minimum Gasteiger partial charge on any atom is -0.512 e. The summed E-state index contributed by atoms with van der Waals surface area (Å²) in [5.74, 6) is 1.43. The van der Waals surface area contributed by atoms with Gasteiger partial charge in [-0.2, -0.15) is 0 Å². The molecule has 0 saturated carbocycles. The Balaban J connectivity index is 2.17. The third-order valence-electron chi connectivity index (χ3n) is 4.45. The van der Waals surface area contributed by atoms with Gasteiger partial charge in [-0.15, -0.1) is 11.8 Å². The molecule has 0 fully saturated rings. The molecule has 2 rings (SSSR count). The lowest BCUT2D eigenvalue weighted by Crippen LogP contribution is -2.05. The Hall–Kier alpha value is -1.41. The van der Waals surface area contributed by atoms with E-state index in [4.69, 9.17) is 0 Å². The van der Waals surface area contributed by atoms with Gasteiger partial charge in [-0.25, -0.2) is 0 Å². The van der Waals surface area contributed by atoms with E-state index in [0.717, 1.165) is 30.6 Å². The molecule has 0 radical (unpaired) electrons. The molecule has 2 heteroatoms. The Morgan fingerprint density at radius 3 is 2.52 bits per heavy atom. The Labute approximate surface area is 145 Å². The van der Waals surface area contributed by atoms with E-state index in [0.29, 0.717) is 5.76 Å². The van der Waals surface area contributed by atoms with Gasteiger partial charge in [0.25, 0.3) is 0 Å². The number of hydrogen-bond donors (Lipinski definition) is 1. The molecular weight excluding hydrogens is 300 g/mol. The number of rotatable bonds is 6. The monoisotopic (exact) mass is 328 g/mol. The van der Waals surface area contributed by atoms with Crippen LogP contribution in [0, 0.1) is 6.92 Å². The Bertz CT molecular complexity index is 633. The lowest BCUT2D eigenvalue weighted by atomic mass is 9.85. The summed E-state index contributed by atoms with van der Waals surface area (Å²) in [6.07, 6.45) is 5.49. The molecular formula is C21H28OS. The molecule has 0 spiro atoms. The molecule has 1 nitrogen and oxygen atoms in total. The number of aryl methyl sites for hydroxylation is 1. The Morgan fingerprint density at radius 1 is 1.22 bits per heavy atom. The second-order valence-electron chi connectivity index (χ2n) is 6.28. The number of benzene rings is 1. The van der Waals surface area contributed by atoms with Gasteiger partial charge in [0.05, 0.1) is 5.76 Å². The van der Waals surface area contributed by atoms with Crippen LogP contribution in [0.2, 0.25) is 0 Å². The molecule has 0 aromatic heterocycles. The van der Waals surface area contributed by atoms with Crippen molar-refractivity contribution in [3.05, 3.63) is 69.4 Å². The molecule has 1 aromatic rings. The standard InChI is InChI=1S/C21H28OS/c1-5-19(16(3)22)21-12-7-6-11-20(21)17(4)23-14-18-10-8-9-15(2)13-18/h8-10,13,22H,4-7,11-12,14H2,1-3H3/b19-16+. The fraction of sp³-hybridized carbons (Fsp3) is 0.429. The summed E-state index contributed by atoms with van der Waals surface area (Å²) in [5, 5.41) is 10.0. The fourth-order valence-electron chi connectivity index (χ4n) is 3.29. The summed E-state index contributed by atoms with van der Waals surface area (Å²) in [7, 11) is 0. The van der Waals surface area contributed by atoms with Crippen LogP contribution in [0.1, 0.15) is 57.1 Å². The van der Waals surface area contributed by atoms with Gasteiger partial charge in [-0.1, -0.05) is 43.3 Å². The third kappa shape index (κ3) is 4.78. The average Bonchev–Trinajstić information content (AvgIpc) is 2.53. The summed E-state index contributed by atoms with van der Waals surface area (Å²) in [6, 6.07) is 8.67. The highest BCUT2D eigenvalue weighted by Gasteiger charge is 2.19. The van der Waals surface area contributed by atoms with E-state index >= 15 is 0 Å². The third-order valence-corrected chi connectivity index (χ3v) is 5.53. The molecule has 0 aliphatic heterocycles. The van der Waals surface area contributed by atoms with E-state index in [1.54, 1.807) is 6.92 Å². The number of allylic oxidation sites excluding steroid dienone is 4. The molecule has 0 heterocycles. The molecule has 0 bridgehead atoms. The first kappa shape index (κ1) is 17.9. The van der Waals surface area contributed by atoms with E-state index in [2.05, 4.69) is 44.7 Å². The minimum absolute atomic E-state index is 0.471. The van der Waals surface area contributed by atoms with Crippen LogP contribution in [0.15, 0.2) is 58.2 Å². The summed E-state index contributed by atoms with van der Waals surface area (Å²) in [5.41, 5.74) is 6.49. The van der Waals surface area contributed by atoms with Crippen molar-refractivity contribution < 1.29 is 5.11 Å². The summed E-state index contributed by atoms with van der Waals surface area (Å²) in [4.78, 5) is 1.17. The van der Waals surface area contributed by atoms with Crippen LogP contribution in [0.3, 0.4) is 0 Å². The van der Waals surface area contributed by atoms with Crippen molar-refractivity contribution in [3.8, 4) is 0 Å². The minimum atomic E-state index is 0.471. The molecule has 0 amide bonds. The molecule has 124 valence electrons. The number of thioether (sulfide) groups is 1. The average molecular weight is 329 g/mol. The largest absolute Gasteiger partial charge is 0.512 e. The van der Waals surface area contributed by atoms with Crippen LogP contribution in [-0.4, -0.2) is 5.11 Å². The molecule has 0 atom stereocenters. The predicted octanol–water partition coefficient (Wildman–Crippen LogP) is 6.85. The maximum absolute atomic E-state index is 10.0.